The summed E-state index contributed by atoms with van der Waals surface area (Å²) >= 11 is 0. The number of alkyl halides is 3. The molecule has 0 aliphatic carbocycles. The van der Waals surface area contributed by atoms with Crippen LogP contribution in [0.25, 0.3) is 0 Å². The molecule has 0 atom stereocenters. The topological polar surface area (TPSA) is 49.3 Å². The third kappa shape index (κ3) is 3.98. The molecule has 0 heterocycles. The molecule has 0 aromatic heterocycles. The Balaban J connectivity index is 2.18. The van der Waals surface area contributed by atoms with Crippen LogP contribution < -0.4 is 5.32 Å². The van der Waals surface area contributed by atoms with Gasteiger partial charge in [-0.3, -0.25) is 4.79 Å². The van der Waals surface area contributed by atoms with E-state index in [4.69, 9.17) is 5.11 Å². The zero-order chi connectivity index (χ0) is 15.5. The smallest absolute Gasteiger partial charge is 0.418 e. The van der Waals surface area contributed by atoms with Gasteiger partial charge in [0.15, 0.2) is 0 Å². The van der Waals surface area contributed by atoms with E-state index in [-0.39, 0.29) is 12.1 Å². The Kier molecular flexibility index (Phi) is 4.16. The Bertz CT molecular complexity index is 639. The van der Waals surface area contributed by atoms with Crippen LogP contribution >= 0.6 is 0 Å². The van der Waals surface area contributed by atoms with E-state index in [0.717, 1.165) is 12.1 Å². The molecule has 0 radical (unpaired) electrons. The van der Waals surface area contributed by atoms with Gasteiger partial charge in [0.1, 0.15) is 5.75 Å². The summed E-state index contributed by atoms with van der Waals surface area (Å²) in [5, 5.41) is 11.4. The predicted octanol–water partition coefficient (Wildman–Crippen LogP) is 3.59. The van der Waals surface area contributed by atoms with Crippen LogP contribution in [0.3, 0.4) is 0 Å². The first-order chi connectivity index (χ1) is 9.86. The van der Waals surface area contributed by atoms with Crippen molar-refractivity contribution in [2.24, 2.45) is 0 Å². The normalized spacial score (nSPS) is 11.2. The van der Waals surface area contributed by atoms with E-state index >= 15 is 0 Å². The molecule has 6 heteroatoms. The van der Waals surface area contributed by atoms with E-state index in [1.807, 2.05) is 0 Å². The van der Waals surface area contributed by atoms with E-state index in [1.165, 1.54) is 0 Å². The third-order valence-electron chi connectivity index (χ3n) is 2.79. The standard InChI is InChI=1S/C15H12F3NO2/c16-15(17,18)12-9-11(20)6-7-13(12)19-14(21)8-10-4-2-1-3-5-10/h1-7,9,20H,8H2,(H,19,21). The summed E-state index contributed by atoms with van der Waals surface area (Å²) < 4.78 is 38.5. The molecule has 2 aromatic rings. The van der Waals surface area contributed by atoms with Crippen LogP contribution in [0, 0.1) is 0 Å². The van der Waals surface area contributed by atoms with Crippen LogP contribution in [0.5, 0.6) is 5.75 Å². The van der Waals surface area contributed by atoms with E-state index in [0.29, 0.717) is 11.6 Å². The van der Waals surface area contributed by atoms with Gasteiger partial charge in [-0.1, -0.05) is 30.3 Å². The predicted molar refractivity (Wildman–Crippen MR) is 71.9 cm³/mol. The van der Waals surface area contributed by atoms with Gasteiger partial charge in [-0.2, -0.15) is 13.2 Å². The van der Waals surface area contributed by atoms with Crippen LogP contribution in [0.2, 0.25) is 0 Å². The first-order valence-electron chi connectivity index (χ1n) is 6.10. The number of rotatable bonds is 3. The maximum Gasteiger partial charge on any atom is 0.418 e. The zero-order valence-corrected chi connectivity index (χ0v) is 10.8. The van der Waals surface area contributed by atoms with E-state index in [1.54, 1.807) is 30.3 Å². The average Bonchev–Trinajstić information content (AvgIpc) is 2.40. The van der Waals surface area contributed by atoms with Gasteiger partial charge in [-0.05, 0) is 23.8 Å². The molecule has 0 fully saturated rings. The van der Waals surface area contributed by atoms with Crippen LogP contribution in [0.4, 0.5) is 18.9 Å². The lowest BCUT2D eigenvalue weighted by Crippen LogP contribution is -2.18. The number of hydrogen-bond acceptors (Lipinski definition) is 2. The lowest BCUT2D eigenvalue weighted by molar-refractivity contribution is -0.137. The molecule has 1 amide bonds. The second-order valence-electron chi connectivity index (χ2n) is 4.44. The highest BCUT2D eigenvalue weighted by Gasteiger charge is 2.34. The van der Waals surface area contributed by atoms with Crippen molar-refractivity contribution in [3.8, 4) is 5.75 Å². The van der Waals surface area contributed by atoms with Gasteiger partial charge in [0.05, 0.1) is 17.7 Å². The molecular formula is C15H12F3NO2. The van der Waals surface area contributed by atoms with Crippen LogP contribution in [-0.2, 0) is 17.4 Å². The number of phenols is 1. The Morgan fingerprint density at radius 2 is 1.76 bits per heavy atom. The maximum atomic E-state index is 12.8. The second-order valence-corrected chi connectivity index (χ2v) is 4.44. The largest absolute Gasteiger partial charge is 0.508 e. The number of benzene rings is 2. The number of nitrogens with one attached hydrogen (secondary N) is 1. The highest BCUT2D eigenvalue weighted by Crippen LogP contribution is 2.36. The van der Waals surface area contributed by atoms with Gasteiger partial charge in [-0.15, -0.1) is 0 Å². The van der Waals surface area contributed by atoms with Gasteiger partial charge >= 0.3 is 6.18 Å². The molecule has 3 nitrogen and oxygen atoms in total. The number of hydrogen-bond donors (Lipinski definition) is 2. The number of aromatic hydroxyl groups is 1. The zero-order valence-electron chi connectivity index (χ0n) is 10.8. The van der Waals surface area contributed by atoms with Crippen molar-refractivity contribution in [3.05, 3.63) is 59.7 Å². The molecular weight excluding hydrogens is 283 g/mol. The van der Waals surface area contributed by atoms with Crippen molar-refractivity contribution in [1.82, 2.24) is 0 Å². The lowest BCUT2D eigenvalue weighted by Gasteiger charge is -2.14. The molecule has 2 N–H and O–H groups in total. The molecule has 0 bridgehead atoms. The fourth-order valence-electron chi connectivity index (χ4n) is 1.85. The highest BCUT2D eigenvalue weighted by molar-refractivity contribution is 5.93. The third-order valence-corrected chi connectivity index (χ3v) is 2.79. The van der Waals surface area contributed by atoms with Crippen molar-refractivity contribution in [1.29, 1.82) is 0 Å². The minimum absolute atomic E-state index is 0.0288. The minimum atomic E-state index is -4.66. The Labute approximate surface area is 119 Å². The fraction of sp³-hybridized carbons (Fsp3) is 0.133. The quantitative estimate of drug-likeness (QED) is 0.850. The monoisotopic (exact) mass is 295 g/mol. The Hall–Kier alpha value is -2.50. The van der Waals surface area contributed by atoms with Crippen LogP contribution in [0.15, 0.2) is 48.5 Å². The molecule has 2 rings (SSSR count). The summed E-state index contributed by atoms with van der Waals surface area (Å²) in [6.07, 6.45) is -4.69. The molecule has 0 aliphatic rings. The average molecular weight is 295 g/mol. The van der Waals surface area contributed by atoms with E-state index < -0.39 is 23.4 Å². The second kappa shape index (κ2) is 5.87. The van der Waals surface area contributed by atoms with Crippen molar-refractivity contribution in [2.75, 3.05) is 5.32 Å². The molecule has 0 unspecified atom stereocenters. The molecule has 0 saturated heterocycles. The molecule has 0 aliphatic heterocycles. The SMILES string of the molecule is O=C(Cc1ccccc1)Nc1ccc(O)cc1C(F)(F)F. The Morgan fingerprint density at radius 1 is 1.10 bits per heavy atom. The van der Waals surface area contributed by atoms with Crippen molar-refractivity contribution < 1.29 is 23.1 Å². The minimum Gasteiger partial charge on any atom is -0.508 e. The van der Waals surface area contributed by atoms with Crippen molar-refractivity contribution in [2.45, 2.75) is 12.6 Å². The number of carbonyl (C=O) groups is 1. The summed E-state index contributed by atoms with van der Waals surface area (Å²) in [4.78, 5) is 11.8. The maximum absolute atomic E-state index is 12.8. The van der Waals surface area contributed by atoms with Crippen molar-refractivity contribution >= 4 is 11.6 Å². The molecule has 0 spiro atoms. The summed E-state index contributed by atoms with van der Waals surface area (Å²) in [6, 6.07) is 11.4. The van der Waals surface area contributed by atoms with E-state index in [2.05, 4.69) is 5.32 Å². The highest BCUT2D eigenvalue weighted by atomic mass is 19.4. The van der Waals surface area contributed by atoms with Crippen molar-refractivity contribution in [3.63, 3.8) is 0 Å². The van der Waals surface area contributed by atoms with Gasteiger partial charge in [0, 0.05) is 0 Å². The van der Waals surface area contributed by atoms with Crippen LogP contribution in [0.1, 0.15) is 11.1 Å². The number of amides is 1. The van der Waals surface area contributed by atoms with Gasteiger partial charge in [0.25, 0.3) is 0 Å². The molecule has 110 valence electrons. The number of halogens is 3. The van der Waals surface area contributed by atoms with Gasteiger partial charge in [-0.25, -0.2) is 0 Å². The number of phenolic OH excluding ortho intramolecular Hbond substituents is 1. The number of carbonyl (C=O) groups excluding carboxylic acids is 1. The number of anilines is 1. The molecule has 21 heavy (non-hydrogen) atoms. The summed E-state index contributed by atoms with van der Waals surface area (Å²) in [7, 11) is 0. The summed E-state index contributed by atoms with van der Waals surface area (Å²) in [6.45, 7) is 0. The summed E-state index contributed by atoms with van der Waals surface area (Å²) in [5.74, 6) is -1.07. The van der Waals surface area contributed by atoms with Gasteiger partial charge < -0.3 is 10.4 Å². The Morgan fingerprint density at radius 3 is 2.38 bits per heavy atom. The molecule has 2 aromatic carbocycles. The first-order valence-corrected chi connectivity index (χ1v) is 6.10. The van der Waals surface area contributed by atoms with E-state index in [9.17, 15) is 18.0 Å². The fourth-order valence-corrected chi connectivity index (χ4v) is 1.85. The first kappa shape index (κ1) is 14.9. The molecule has 0 saturated carbocycles. The lowest BCUT2D eigenvalue weighted by atomic mass is 10.1. The van der Waals surface area contributed by atoms with Crippen LogP contribution in [-0.4, -0.2) is 11.0 Å². The van der Waals surface area contributed by atoms with Gasteiger partial charge in [0.2, 0.25) is 5.91 Å². The summed E-state index contributed by atoms with van der Waals surface area (Å²) in [5.41, 5.74) is -0.757.